The fourth-order valence-corrected chi connectivity index (χ4v) is 1.98. The Bertz CT molecular complexity index is 554. The number of hydrogen-bond acceptors (Lipinski definition) is 1. The van der Waals surface area contributed by atoms with Gasteiger partial charge in [-0.1, -0.05) is 48.9 Å². The fraction of sp³-hybridized carbons (Fsp3) is 0.200. The van der Waals surface area contributed by atoms with E-state index in [0.29, 0.717) is 5.56 Å². The molecule has 2 aromatic carbocycles. The highest BCUT2D eigenvalue weighted by atomic mass is 35.5. The zero-order valence-corrected chi connectivity index (χ0v) is 10.8. The second kappa shape index (κ2) is 5.51. The van der Waals surface area contributed by atoms with Gasteiger partial charge in [0.05, 0.1) is 5.02 Å². The molecule has 0 aliphatic carbocycles. The van der Waals surface area contributed by atoms with Crippen molar-refractivity contribution in [3.05, 3.63) is 70.0 Å². The van der Waals surface area contributed by atoms with Crippen molar-refractivity contribution in [2.45, 2.75) is 19.4 Å². The Morgan fingerprint density at radius 3 is 2.56 bits per heavy atom. The first-order chi connectivity index (χ1) is 8.61. The summed E-state index contributed by atoms with van der Waals surface area (Å²) in [4.78, 5) is 0. The molecule has 1 N–H and O–H groups in total. The van der Waals surface area contributed by atoms with E-state index in [0.717, 1.165) is 17.5 Å². The third-order valence-electron chi connectivity index (χ3n) is 2.93. The van der Waals surface area contributed by atoms with Crippen molar-refractivity contribution in [3.63, 3.8) is 0 Å². The number of rotatable bonds is 3. The molecule has 2 rings (SSSR count). The van der Waals surface area contributed by atoms with E-state index in [9.17, 15) is 9.50 Å². The number of benzene rings is 2. The lowest BCUT2D eigenvalue weighted by Crippen LogP contribution is -2.01. The topological polar surface area (TPSA) is 20.2 Å². The summed E-state index contributed by atoms with van der Waals surface area (Å²) in [7, 11) is 0. The number of aliphatic hydroxyl groups is 1. The Hall–Kier alpha value is -1.38. The number of aliphatic hydroxyl groups excluding tert-OH is 1. The lowest BCUT2D eigenvalue weighted by atomic mass is 9.99. The van der Waals surface area contributed by atoms with Crippen molar-refractivity contribution in [2.75, 3.05) is 0 Å². The maximum Gasteiger partial charge on any atom is 0.142 e. The van der Waals surface area contributed by atoms with Gasteiger partial charge in [-0.3, -0.25) is 0 Å². The molecule has 1 unspecified atom stereocenters. The second-order valence-electron chi connectivity index (χ2n) is 4.17. The molecule has 1 atom stereocenters. The molecule has 0 spiro atoms. The van der Waals surface area contributed by atoms with E-state index in [1.807, 2.05) is 31.2 Å². The van der Waals surface area contributed by atoms with Crippen LogP contribution in [0.2, 0.25) is 5.02 Å². The van der Waals surface area contributed by atoms with E-state index >= 15 is 0 Å². The maximum absolute atomic E-state index is 13.4. The summed E-state index contributed by atoms with van der Waals surface area (Å²) in [5.74, 6) is -0.514. The Morgan fingerprint density at radius 2 is 1.89 bits per heavy atom. The van der Waals surface area contributed by atoms with Crippen LogP contribution < -0.4 is 0 Å². The molecule has 0 saturated heterocycles. The van der Waals surface area contributed by atoms with Gasteiger partial charge in [0.15, 0.2) is 0 Å². The molecule has 94 valence electrons. The van der Waals surface area contributed by atoms with Gasteiger partial charge in [0.1, 0.15) is 11.9 Å². The Kier molecular flexibility index (Phi) is 4.00. The highest BCUT2D eigenvalue weighted by molar-refractivity contribution is 6.30. The molecular weight excluding hydrogens is 251 g/mol. The summed E-state index contributed by atoms with van der Waals surface area (Å²) in [5.41, 5.74) is 2.40. The highest BCUT2D eigenvalue weighted by Gasteiger charge is 2.12. The van der Waals surface area contributed by atoms with Crippen LogP contribution in [-0.2, 0) is 6.42 Å². The molecule has 1 nitrogen and oxygen atoms in total. The van der Waals surface area contributed by atoms with E-state index < -0.39 is 11.9 Å². The average Bonchev–Trinajstić information content (AvgIpc) is 2.41. The van der Waals surface area contributed by atoms with Crippen LogP contribution in [0.4, 0.5) is 4.39 Å². The minimum Gasteiger partial charge on any atom is -0.384 e. The molecule has 0 heterocycles. The lowest BCUT2D eigenvalue weighted by Gasteiger charge is -2.13. The van der Waals surface area contributed by atoms with Gasteiger partial charge in [-0.25, -0.2) is 4.39 Å². The van der Waals surface area contributed by atoms with Gasteiger partial charge in [-0.05, 0) is 35.2 Å². The van der Waals surface area contributed by atoms with E-state index in [2.05, 4.69) is 0 Å². The zero-order chi connectivity index (χ0) is 13.1. The summed E-state index contributed by atoms with van der Waals surface area (Å²) < 4.78 is 13.4. The standard InChI is InChI=1S/C15H14ClFO/c1-2-10-4-3-5-11(8-10)15(18)12-6-7-13(16)14(17)9-12/h3-9,15,18H,2H2,1H3. The van der Waals surface area contributed by atoms with Gasteiger partial charge < -0.3 is 5.11 Å². The van der Waals surface area contributed by atoms with Crippen LogP contribution >= 0.6 is 11.6 Å². The first kappa shape index (κ1) is 13.1. The van der Waals surface area contributed by atoms with Gasteiger partial charge in [-0.2, -0.15) is 0 Å². The summed E-state index contributed by atoms with van der Waals surface area (Å²) in [6, 6.07) is 12.0. The molecule has 0 aliphatic rings. The summed E-state index contributed by atoms with van der Waals surface area (Å²) in [6.07, 6.45) is 0.0680. The molecule has 18 heavy (non-hydrogen) atoms. The second-order valence-corrected chi connectivity index (χ2v) is 4.58. The van der Waals surface area contributed by atoms with E-state index in [4.69, 9.17) is 11.6 Å². The smallest absolute Gasteiger partial charge is 0.142 e. The number of hydrogen-bond donors (Lipinski definition) is 1. The first-order valence-electron chi connectivity index (χ1n) is 5.83. The Morgan fingerprint density at radius 1 is 1.17 bits per heavy atom. The van der Waals surface area contributed by atoms with E-state index in [-0.39, 0.29) is 5.02 Å². The predicted octanol–water partition coefficient (Wildman–Crippen LogP) is 4.12. The van der Waals surface area contributed by atoms with Gasteiger partial charge >= 0.3 is 0 Å². The fourth-order valence-electron chi connectivity index (χ4n) is 1.86. The van der Waals surface area contributed by atoms with Crippen LogP contribution in [0.25, 0.3) is 0 Å². The number of halogens is 2. The van der Waals surface area contributed by atoms with Crippen molar-refractivity contribution in [2.24, 2.45) is 0 Å². The van der Waals surface area contributed by atoms with Crippen LogP contribution in [-0.4, -0.2) is 5.11 Å². The molecule has 0 bridgehead atoms. The minimum absolute atomic E-state index is 0.0632. The van der Waals surface area contributed by atoms with Crippen molar-refractivity contribution >= 4 is 11.6 Å². The van der Waals surface area contributed by atoms with Crippen LogP contribution in [0.1, 0.15) is 29.7 Å². The Balaban J connectivity index is 2.34. The first-order valence-corrected chi connectivity index (χ1v) is 6.21. The zero-order valence-electron chi connectivity index (χ0n) is 10.0. The van der Waals surface area contributed by atoms with Crippen molar-refractivity contribution < 1.29 is 9.50 Å². The molecule has 0 fully saturated rings. The largest absolute Gasteiger partial charge is 0.384 e. The quantitative estimate of drug-likeness (QED) is 0.884. The SMILES string of the molecule is CCc1cccc(C(O)c2ccc(Cl)c(F)c2)c1. The summed E-state index contributed by atoms with van der Waals surface area (Å²) in [6.45, 7) is 2.05. The lowest BCUT2D eigenvalue weighted by molar-refractivity contribution is 0.219. The van der Waals surface area contributed by atoms with E-state index in [1.54, 1.807) is 6.07 Å². The molecule has 0 aromatic heterocycles. The summed E-state index contributed by atoms with van der Waals surface area (Å²) in [5, 5.41) is 10.3. The molecule has 0 aliphatic heterocycles. The van der Waals surface area contributed by atoms with Crippen LogP contribution in [0.15, 0.2) is 42.5 Å². The average molecular weight is 265 g/mol. The third kappa shape index (κ3) is 2.71. The minimum atomic E-state index is -0.830. The van der Waals surface area contributed by atoms with Gasteiger partial charge in [-0.15, -0.1) is 0 Å². The number of aryl methyl sites for hydroxylation is 1. The third-order valence-corrected chi connectivity index (χ3v) is 3.24. The predicted molar refractivity (Wildman–Crippen MR) is 71.3 cm³/mol. The molecule has 3 heteroatoms. The van der Waals surface area contributed by atoms with Crippen LogP contribution in [0.3, 0.4) is 0 Å². The van der Waals surface area contributed by atoms with Gasteiger partial charge in [0.2, 0.25) is 0 Å². The summed E-state index contributed by atoms with van der Waals surface area (Å²) >= 11 is 5.62. The molecular formula is C15H14ClFO. The molecule has 0 amide bonds. The normalized spacial score (nSPS) is 12.4. The van der Waals surface area contributed by atoms with Crippen molar-refractivity contribution in [1.82, 2.24) is 0 Å². The molecule has 2 aromatic rings. The molecule has 0 radical (unpaired) electrons. The highest BCUT2D eigenvalue weighted by Crippen LogP contribution is 2.25. The Labute approximate surface area is 111 Å². The van der Waals surface area contributed by atoms with Gasteiger partial charge in [0.25, 0.3) is 0 Å². The van der Waals surface area contributed by atoms with Crippen molar-refractivity contribution in [3.8, 4) is 0 Å². The van der Waals surface area contributed by atoms with Gasteiger partial charge in [0, 0.05) is 0 Å². The van der Waals surface area contributed by atoms with Crippen LogP contribution in [0, 0.1) is 5.82 Å². The van der Waals surface area contributed by atoms with Crippen molar-refractivity contribution in [1.29, 1.82) is 0 Å². The molecule has 0 saturated carbocycles. The van der Waals surface area contributed by atoms with E-state index in [1.165, 1.54) is 12.1 Å². The monoisotopic (exact) mass is 264 g/mol. The van der Waals surface area contributed by atoms with Crippen LogP contribution in [0.5, 0.6) is 0 Å². The maximum atomic E-state index is 13.4.